The van der Waals surface area contributed by atoms with Gasteiger partial charge in [0.05, 0.1) is 11.3 Å². The predicted molar refractivity (Wildman–Crippen MR) is 99.8 cm³/mol. The van der Waals surface area contributed by atoms with E-state index in [1.54, 1.807) is 0 Å². The molecule has 6 nitrogen and oxygen atoms in total. The molecule has 140 valence electrons. The first-order valence-electron chi connectivity index (χ1n) is 9.81. The first-order valence-corrected chi connectivity index (χ1v) is 9.81. The average Bonchev–Trinajstić information content (AvgIpc) is 2.98. The van der Waals surface area contributed by atoms with Crippen LogP contribution in [0, 0.1) is 12.8 Å². The van der Waals surface area contributed by atoms with E-state index in [4.69, 9.17) is 0 Å². The summed E-state index contributed by atoms with van der Waals surface area (Å²) in [5.74, 6) is 0.978. The van der Waals surface area contributed by atoms with E-state index in [2.05, 4.69) is 28.9 Å². The molecule has 0 saturated carbocycles. The highest BCUT2D eigenvalue weighted by Crippen LogP contribution is 2.19. The van der Waals surface area contributed by atoms with Crippen LogP contribution in [0.4, 0.5) is 0 Å². The Morgan fingerprint density at radius 2 is 1.84 bits per heavy atom. The highest BCUT2D eigenvalue weighted by atomic mass is 16.2. The van der Waals surface area contributed by atoms with E-state index in [0.29, 0.717) is 0 Å². The van der Waals surface area contributed by atoms with Crippen molar-refractivity contribution in [1.29, 1.82) is 0 Å². The Morgan fingerprint density at radius 1 is 1.16 bits per heavy atom. The molecule has 0 radical (unpaired) electrons. The van der Waals surface area contributed by atoms with Gasteiger partial charge in [-0.05, 0) is 52.2 Å². The molecule has 2 aliphatic rings. The summed E-state index contributed by atoms with van der Waals surface area (Å²) >= 11 is 0. The van der Waals surface area contributed by atoms with Crippen molar-refractivity contribution in [1.82, 2.24) is 24.5 Å². The van der Waals surface area contributed by atoms with Gasteiger partial charge < -0.3 is 9.80 Å². The van der Waals surface area contributed by atoms with Crippen LogP contribution in [0.3, 0.4) is 0 Å². The number of nitrogens with zero attached hydrogens (tertiary/aromatic N) is 5. The molecule has 2 saturated heterocycles. The minimum atomic E-state index is 0.152. The number of rotatable bonds is 5. The van der Waals surface area contributed by atoms with Gasteiger partial charge in [0.2, 0.25) is 0 Å². The highest BCUT2D eigenvalue weighted by molar-refractivity contribution is 5.95. The van der Waals surface area contributed by atoms with Crippen molar-refractivity contribution >= 4 is 5.91 Å². The van der Waals surface area contributed by atoms with Crippen molar-refractivity contribution in [2.75, 3.05) is 52.9 Å². The molecule has 1 aromatic heterocycles. The Labute approximate surface area is 151 Å². The van der Waals surface area contributed by atoms with Crippen LogP contribution >= 0.6 is 0 Å². The zero-order valence-electron chi connectivity index (χ0n) is 16.1. The van der Waals surface area contributed by atoms with Crippen molar-refractivity contribution in [3.05, 3.63) is 17.5 Å². The van der Waals surface area contributed by atoms with Gasteiger partial charge in [0.15, 0.2) is 0 Å². The highest BCUT2D eigenvalue weighted by Gasteiger charge is 2.26. The van der Waals surface area contributed by atoms with E-state index in [-0.39, 0.29) is 5.91 Å². The number of likely N-dealkylation sites (tertiary alicyclic amines) is 1. The lowest BCUT2D eigenvalue weighted by molar-refractivity contribution is 0.0593. The first-order chi connectivity index (χ1) is 12.1. The minimum absolute atomic E-state index is 0.152. The normalized spacial score (nSPS) is 21.0. The first kappa shape index (κ1) is 18.4. The van der Waals surface area contributed by atoms with Crippen LogP contribution in [0.2, 0.25) is 0 Å². The summed E-state index contributed by atoms with van der Waals surface area (Å²) in [6, 6.07) is 0. The lowest BCUT2D eigenvalue weighted by Gasteiger charge is -2.38. The molecule has 2 fully saturated rings. The second-order valence-electron chi connectivity index (χ2n) is 7.73. The molecule has 0 spiro atoms. The Hall–Kier alpha value is -1.40. The maximum absolute atomic E-state index is 12.8. The Morgan fingerprint density at radius 3 is 2.48 bits per heavy atom. The molecule has 1 amide bonds. The van der Waals surface area contributed by atoms with E-state index in [1.807, 2.05) is 22.7 Å². The number of piperidine rings is 1. The third-order valence-electron chi connectivity index (χ3n) is 5.64. The van der Waals surface area contributed by atoms with Crippen molar-refractivity contribution in [3.63, 3.8) is 0 Å². The van der Waals surface area contributed by atoms with Gasteiger partial charge in [-0.1, -0.05) is 6.92 Å². The van der Waals surface area contributed by atoms with Crippen LogP contribution in [0.1, 0.15) is 42.2 Å². The van der Waals surface area contributed by atoms with E-state index in [1.165, 1.54) is 32.5 Å². The Bertz CT molecular complexity index is 568. The van der Waals surface area contributed by atoms with Crippen LogP contribution in [0.25, 0.3) is 0 Å². The summed E-state index contributed by atoms with van der Waals surface area (Å²) in [6.07, 6.45) is 5.58. The van der Waals surface area contributed by atoms with Crippen LogP contribution < -0.4 is 0 Å². The summed E-state index contributed by atoms with van der Waals surface area (Å²) in [6.45, 7) is 12.3. The fraction of sp³-hybridized carbons (Fsp3) is 0.789. The second kappa shape index (κ2) is 8.32. The summed E-state index contributed by atoms with van der Waals surface area (Å²) in [5.41, 5.74) is 1.63. The number of amides is 1. The molecule has 1 aromatic rings. The largest absolute Gasteiger partial charge is 0.336 e. The molecule has 0 atom stereocenters. The van der Waals surface area contributed by atoms with Crippen LogP contribution in [-0.2, 0) is 6.54 Å². The topological polar surface area (TPSA) is 44.6 Å². The van der Waals surface area contributed by atoms with Gasteiger partial charge in [0.25, 0.3) is 5.91 Å². The third kappa shape index (κ3) is 4.61. The molecule has 0 aromatic carbocycles. The van der Waals surface area contributed by atoms with Gasteiger partial charge in [-0.15, -0.1) is 0 Å². The van der Waals surface area contributed by atoms with Gasteiger partial charge in [-0.25, -0.2) is 0 Å². The predicted octanol–water partition coefficient (Wildman–Crippen LogP) is 1.70. The molecule has 3 rings (SSSR count). The molecular weight excluding hydrogens is 314 g/mol. The molecule has 6 heteroatoms. The number of aryl methyl sites for hydroxylation is 2. The molecule has 25 heavy (non-hydrogen) atoms. The average molecular weight is 348 g/mol. The maximum Gasteiger partial charge on any atom is 0.257 e. The minimum Gasteiger partial charge on any atom is -0.336 e. The van der Waals surface area contributed by atoms with Crippen LogP contribution in [0.5, 0.6) is 0 Å². The van der Waals surface area contributed by atoms with E-state index in [0.717, 1.165) is 56.3 Å². The molecular formula is C19H33N5O. The maximum atomic E-state index is 12.8. The summed E-state index contributed by atoms with van der Waals surface area (Å²) in [7, 11) is 2.21. The zero-order chi connectivity index (χ0) is 17.8. The number of hydrogen-bond acceptors (Lipinski definition) is 4. The SMILES string of the molecule is CCCn1cc(C(=O)N2CCN(CC3CCN(C)CC3)CC2)c(C)n1. The van der Waals surface area contributed by atoms with E-state index < -0.39 is 0 Å². The van der Waals surface area contributed by atoms with Gasteiger partial charge in [0.1, 0.15) is 0 Å². The molecule has 0 bridgehead atoms. The van der Waals surface area contributed by atoms with Crippen LogP contribution in [-0.4, -0.2) is 83.2 Å². The Balaban J connectivity index is 1.49. The van der Waals surface area contributed by atoms with Gasteiger partial charge in [-0.3, -0.25) is 14.4 Å². The fourth-order valence-corrected chi connectivity index (χ4v) is 3.99. The molecule has 2 aliphatic heterocycles. The summed E-state index contributed by atoms with van der Waals surface area (Å²) < 4.78 is 1.90. The second-order valence-corrected chi connectivity index (χ2v) is 7.73. The molecule has 3 heterocycles. The van der Waals surface area contributed by atoms with E-state index in [9.17, 15) is 4.79 Å². The van der Waals surface area contributed by atoms with Gasteiger partial charge in [0, 0.05) is 45.5 Å². The molecule has 0 N–H and O–H groups in total. The van der Waals surface area contributed by atoms with Crippen molar-refractivity contribution < 1.29 is 4.79 Å². The smallest absolute Gasteiger partial charge is 0.257 e. The number of piperazine rings is 1. The number of carbonyl (C=O) groups excluding carboxylic acids is 1. The monoisotopic (exact) mass is 347 g/mol. The lowest BCUT2D eigenvalue weighted by atomic mass is 9.96. The number of aromatic nitrogens is 2. The van der Waals surface area contributed by atoms with Crippen LogP contribution in [0.15, 0.2) is 6.20 Å². The van der Waals surface area contributed by atoms with Gasteiger partial charge >= 0.3 is 0 Å². The Kier molecular flexibility index (Phi) is 6.12. The van der Waals surface area contributed by atoms with Gasteiger partial charge in [-0.2, -0.15) is 5.10 Å². The van der Waals surface area contributed by atoms with Crippen molar-refractivity contribution in [2.24, 2.45) is 5.92 Å². The molecule has 0 aliphatic carbocycles. The third-order valence-corrected chi connectivity index (χ3v) is 5.64. The quantitative estimate of drug-likeness (QED) is 0.813. The summed E-state index contributed by atoms with van der Waals surface area (Å²) in [4.78, 5) is 19.8. The van der Waals surface area contributed by atoms with E-state index >= 15 is 0 Å². The zero-order valence-corrected chi connectivity index (χ0v) is 16.1. The van der Waals surface area contributed by atoms with Crippen molar-refractivity contribution in [2.45, 2.75) is 39.7 Å². The standard InChI is InChI=1S/C19H33N5O/c1-4-7-24-15-18(16(2)20-24)19(25)23-12-10-22(11-13-23)14-17-5-8-21(3)9-6-17/h15,17H,4-14H2,1-3H3. The molecule has 0 unspecified atom stereocenters. The fourth-order valence-electron chi connectivity index (χ4n) is 3.99. The lowest BCUT2D eigenvalue weighted by Crippen LogP contribution is -2.50. The number of carbonyl (C=O) groups is 1. The summed E-state index contributed by atoms with van der Waals surface area (Å²) in [5, 5.41) is 4.47. The van der Waals surface area contributed by atoms with Crippen molar-refractivity contribution in [3.8, 4) is 0 Å². The number of hydrogen-bond donors (Lipinski definition) is 0.